The molecule has 0 aliphatic rings. The van der Waals surface area contributed by atoms with Crippen molar-refractivity contribution in [2.75, 3.05) is 6.54 Å². The molecule has 0 aliphatic heterocycles. The van der Waals surface area contributed by atoms with E-state index in [9.17, 15) is 0 Å². The fourth-order valence-electron chi connectivity index (χ4n) is 1.76. The van der Waals surface area contributed by atoms with E-state index in [2.05, 4.69) is 61.2 Å². The summed E-state index contributed by atoms with van der Waals surface area (Å²) in [6.07, 6.45) is 1.78. The highest BCUT2D eigenvalue weighted by molar-refractivity contribution is 9.11. The van der Waals surface area contributed by atoms with Crippen LogP contribution in [-0.4, -0.2) is 22.8 Å². The van der Waals surface area contributed by atoms with Gasteiger partial charge in [-0.3, -0.25) is 0 Å². The molecule has 0 atom stereocenters. The molecule has 0 bridgehead atoms. The van der Waals surface area contributed by atoms with Gasteiger partial charge in [0.15, 0.2) is 0 Å². The summed E-state index contributed by atoms with van der Waals surface area (Å²) >= 11 is 6.94. The number of nitrogens with zero attached hydrogens (tertiary/aromatic N) is 2. The third-order valence-corrected chi connectivity index (χ3v) is 3.93. The molecule has 108 valence electrons. The van der Waals surface area contributed by atoms with Gasteiger partial charge in [-0.2, -0.15) is 0 Å². The summed E-state index contributed by atoms with van der Waals surface area (Å²) in [5.41, 5.74) is 0.901. The van der Waals surface area contributed by atoms with Gasteiger partial charge < -0.3 is 9.73 Å². The Morgan fingerprint density at radius 3 is 2.80 bits per heavy atom. The highest BCUT2D eigenvalue weighted by atomic mass is 79.9. The Hall–Kier alpha value is -0.720. The first-order valence-electron chi connectivity index (χ1n) is 6.57. The minimum absolute atomic E-state index is 0.505. The Balaban J connectivity index is 2.00. The third-order valence-electron chi connectivity index (χ3n) is 2.75. The zero-order valence-corrected chi connectivity index (χ0v) is 14.7. The lowest BCUT2D eigenvalue weighted by molar-refractivity contribution is 0.484. The second-order valence-corrected chi connectivity index (χ2v) is 6.61. The summed E-state index contributed by atoms with van der Waals surface area (Å²) in [4.78, 5) is 0. The van der Waals surface area contributed by atoms with Crippen molar-refractivity contribution in [3.8, 4) is 11.5 Å². The van der Waals surface area contributed by atoms with Crippen molar-refractivity contribution in [1.82, 2.24) is 15.5 Å². The van der Waals surface area contributed by atoms with Crippen molar-refractivity contribution >= 4 is 31.9 Å². The van der Waals surface area contributed by atoms with Crippen LogP contribution in [-0.2, 0) is 6.42 Å². The number of halogens is 2. The Morgan fingerprint density at radius 2 is 2.05 bits per heavy atom. The first-order chi connectivity index (χ1) is 9.56. The van der Waals surface area contributed by atoms with Crippen LogP contribution in [0.4, 0.5) is 0 Å². The summed E-state index contributed by atoms with van der Waals surface area (Å²) in [6, 6.07) is 6.38. The molecule has 0 spiro atoms. The molecule has 0 fully saturated rings. The number of benzene rings is 1. The van der Waals surface area contributed by atoms with Crippen LogP contribution < -0.4 is 5.32 Å². The van der Waals surface area contributed by atoms with Gasteiger partial charge in [0.25, 0.3) is 0 Å². The normalized spacial score (nSPS) is 11.2. The van der Waals surface area contributed by atoms with Crippen LogP contribution in [0.1, 0.15) is 26.2 Å². The van der Waals surface area contributed by atoms with Gasteiger partial charge in [-0.15, -0.1) is 10.2 Å². The lowest BCUT2D eigenvalue weighted by atomic mass is 10.2. The van der Waals surface area contributed by atoms with Gasteiger partial charge in [-0.1, -0.05) is 29.8 Å². The maximum absolute atomic E-state index is 5.71. The fourth-order valence-corrected chi connectivity index (χ4v) is 2.53. The number of aryl methyl sites for hydroxylation is 1. The quantitative estimate of drug-likeness (QED) is 0.736. The molecule has 4 nitrogen and oxygen atoms in total. The molecule has 0 radical (unpaired) electrons. The SMILES string of the molecule is CC(C)NCCCc1nnc(-c2cc(Br)ccc2Br)o1. The van der Waals surface area contributed by atoms with Crippen molar-refractivity contribution in [1.29, 1.82) is 0 Å². The highest BCUT2D eigenvalue weighted by Crippen LogP contribution is 2.30. The van der Waals surface area contributed by atoms with E-state index in [4.69, 9.17) is 4.42 Å². The standard InChI is InChI=1S/C14H17Br2N3O/c1-9(2)17-7-3-4-13-18-19-14(20-13)11-8-10(15)5-6-12(11)16/h5-6,8-9,17H,3-4,7H2,1-2H3. The molecule has 0 aliphatic carbocycles. The molecule has 2 rings (SSSR count). The number of hydrogen-bond acceptors (Lipinski definition) is 4. The van der Waals surface area contributed by atoms with E-state index in [1.54, 1.807) is 0 Å². The molecular weight excluding hydrogens is 386 g/mol. The smallest absolute Gasteiger partial charge is 0.248 e. The first-order valence-corrected chi connectivity index (χ1v) is 8.16. The average molecular weight is 403 g/mol. The van der Waals surface area contributed by atoms with Crippen LogP contribution >= 0.6 is 31.9 Å². The van der Waals surface area contributed by atoms with Crippen LogP contribution in [0.5, 0.6) is 0 Å². The van der Waals surface area contributed by atoms with Crippen molar-refractivity contribution in [3.05, 3.63) is 33.0 Å². The lowest BCUT2D eigenvalue weighted by Gasteiger charge is -2.05. The van der Waals surface area contributed by atoms with Gasteiger partial charge in [0.05, 0.1) is 5.56 Å². The summed E-state index contributed by atoms with van der Waals surface area (Å²) in [5, 5.41) is 11.6. The molecule has 2 aromatic rings. The van der Waals surface area contributed by atoms with Crippen LogP contribution in [0.3, 0.4) is 0 Å². The zero-order valence-electron chi connectivity index (χ0n) is 11.5. The molecular formula is C14H17Br2N3O. The van der Waals surface area contributed by atoms with Crippen molar-refractivity contribution in [2.24, 2.45) is 0 Å². The van der Waals surface area contributed by atoms with Crippen LogP contribution in [0.2, 0.25) is 0 Å². The Morgan fingerprint density at radius 1 is 1.25 bits per heavy atom. The van der Waals surface area contributed by atoms with Crippen LogP contribution in [0.15, 0.2) is 31.6 Å². The van der Waals surface area contributed by atoms with Crippen molar-refractivity contribution in [3.63, 3.8) is 0 Å². The molecule has 0 saturated carbocycles. The van der Waals surface area contributed by atoms with Gasteiger partial charge in [-0.05, 0) is 47.1 Å². The summed E-state index contributed by atoms with van der Waals surface area (Å²) in [5.74, 6) is 1.22. The first kappa shape index (κ1) is 15.7. The molecule has 1 aromatic carbocycles. The van der Waals surface area contributed by atoms with E-state index in [1.165, 1.54) is 0 Å². The average Bonchev–Trinajstić information content (AvgIpc) is 2.86. The monoisotopic (exact) mass is 401 g/mol. The number of nitrogens with one attached hydrogen (secondary N) is 1. The second-order valence-electron chi connectivity index (χ2n) is 4.84. The molecule has 1 N–H and O–H groups in total. The maximum Gasteiger partial charge on any atom is 0.248 e. The van der Waals surface area contributed by atoms with Gasteiger partial charge in [0.2, 0.25) is 11.8 Å². The largest absolute Gasteiger partial charge is 0.421 e. The topological polar surface area (TPSA) is 51.0 Å². The minimum Gasteiger partial charge on any atom is -0.421 e. The zero-order chi connectivity index (χ0) is 14.5. The number of aromatic nitrogens is 2. The van der Waals surface area contributed by atoms with Gasteiger partial charge >= 0.3 is 0 Å². The Kier molecular flexibility index (Phi) is 5.74. The van der Waals surface area contributed by atoms with Crippen LogP contribution in [0, 0.1) is 0 Å². The molecule has 0 unspecified atom stereocenters. The number of rotatable bonds is 6. The van der Waals surface area contributed by atoms with E-state index in [-0.39, 0.29) is 0 Å². The Labute approximate surface area is 135 Å². The van der Waals surface area contributed by atoms with E-state index in [1.807, 2.05) is 18.2 Å². The Bertz CT molecular complexity index is 569. The molecule has 1 heterocycles. The summed E-state index contributed by atoms with van der Waals surface area (Å²) < 4.78 is 7.64. The summed E-state index contributed by atoms with van der Waals surface area (Å²) in [7, 11) is 0. The van der Waals surface area contributed by atoms with Crippen LogP contribution in [0.25, 0.3) is 11.5 Å². The van der Waals surface area contributed by atoms with E-state index in [0.29, 0.717) is 17.8 Å². The van der Waals surface area contributed by atoms with E-state index < -0.39 is 0 Å². The van der Waals surface area contributed by atoms with Crippen molar-refractivity contribution in [2.45, 2.75) is 32.7 Å². The van der Waals surface area contributed by atoms with Crippen molar-refractivity contribution < 1.29 is 4.42 Å². The molecule has 0 amide bonds. The molecule has 20 heavy (non-hydrogen) atoms. The van der Waals surface area contributed by atoms with E-state index in [0.717, 1.165) is 33.9 Å². The van der Waals surface area contributed by atoms with Gasteiger partial charge in [0, 0.05) is 21.4 Å². The third kappa shape index (κ3) is 4.40. The summed E-state index contributed by atoms with van der Waals surface area (Å²) in [6.45, 7) is 5.22. The molecule has 1 aromatic heterocycles. The van der Waals surface area contributed by atoms with Gasteiger partial charge in [-0.25, -0.2) is 0 Å². The van der Waals surface area contributed by atoms with E-state index >= 15 is 0 Å². The molecule has 0 saturated heterocycles. The number of hydrogen-bond donors (Lipinski definition) is 1. The molecule has 6 heteroatoms. The fraction of sp³-hybridized carbons (Fsp3) is 0.429. The second kappa shape index (κ2) is 7.33. The predicted molar refractivity (Wildman–Crippen MR) is 86.6 cm³/mol. The lowest BCUT2D eigenvalue weighted by Crippen LogP contribution is -2.23. The predicted octanol–water partition coefficient (Wildman–Crippen LogP) is 4.19. The highest BCUT2D eigenvalue weighted by Gasteiger charge is 2.12. The minimum atomic E-state index is 0.505. The van der Waals surface area contributed by atoms with Gasteiger partial charge in [0.1, 0.15) is 0 Å². The maximum atomic E-state index is 5.71.